The fourth-order valence-electron chi connectivity index (χ4n) is 2.92. The van der Waals surface area contributed by atoms with E-state index >= 15 is 0 Å². The van der Waals surface area contributed by atoms with Gasteiger partial charge in [-0.2, -0.15) is 0 Å². The maximum Gasteiger partial charge on any atom is 0.410 e. The lowest BCUT2D eigenvalue weighted by Crippen LogP contribution is -2.43. The Morgan fingerprint density at radius 2 is 1.78 bits per heavy atom. The molecule has 1 aliphatic rings. The SMILES string of the molecule is CC(C)(C(=O)O)S(=O)(=O)CCC1CCN(C(=O)OCc2ccccc2)CC1. The number of likely N-dealkylation sites (tertiary alicyclic amines) is 1. The highest BCUT2D eigenvalue weighted by molar-refractivity contribution is 7.93. The lowest BCUT2D eigenvalue weighted by atomic mass is 9.95. The van der Waals surface area contributed by atoms with Gasteiger partial charge in [0, 0.05) is 13.1 Å². The van der Waals surface area contributed by atoms with Gasteiger partial charge in [-0.1, -0.05) is 30.3 Å². The molecule has 1 aromatic rings. The molecule has 0 saturated carbocycles. The summed E-state index contributed by atoms with van der Waals surface area (Å²) in [4.78, 5) is 24.9. The zero-order valence-electron chi connectivity index (χ0n) is 15.8. The Morgan fingerprint density at radius 3 is 2.33 bits per heavy atom. The third-order valence-electron chi connectivity index (χ3n) is 5.17. The summed E-state index contributed by atoms with van der Waals surface area (Å²) < 4.78 is 28.1. The van der Waals surface area contributed by atoms with Gasteiger partial charge in [0.05, 0.1) is 5.75 Å². The summed E-state index contributed by atoms with van der Waals surface area (Å²) in [6.07, 6.45) is 1.41. The second-order valence-corrected chi connectivity index (χ2v) is 10.1. The summed E-state index contributed by atoms with van der Waals surface area (Å²) in [6.45, 7) is 3.69. The van der Waals surface area contributed by atoms with Crippen LogP contribution in [0.4, 0.5) is 4.79 Å². The summed E-state index contributed by atoms with van der Waals surface area (Å²) in [5.74, 6) is -1.34. The third kappa shape index (κ3) is 5.45. The van der Waals surface area contributed by atoms with Crippen LogP contribution < -0.4 is 0 Å². The summed E-state index contributed by atoms with van der Waals surface area (Å²) >= 11 is 0. The van der Waals surface area contributed by atoms with E-state index < -0.39 is 20.6 Å². The Labute approximate surface area is 160 Å². The van der Waals surface area contributed by atoms with Crippen molar-refractivity contribution in [3.63, 3.8) is 0 Å². The molecule has 8 heteroatoms. The van der Waals surface area contributed by atoms with Crippen LogP contribution in [-0.2, 0) is 26.0 Å². The number of hydrogen-bond donors (Lipinski definition) is 1. The van der Waals surface area contributed by atoms with E-state index in [1.54, 1.807) is 4.90 Å². The molecule has 0 aromatic heterocycles. The quantitative estimate of drug-likeness (QED) is 0.759. The van der Waals surface area contributed by atoms with E-state index in [1.165, 1.54) is 13.8 Å². The first kappa shape index (κ1) is 21.2. The first-order chi connectivity index (χ1) is 12.6. The van der Waals surface area contributed by atoms with Gasteiger partial charge in [0.15, 0.2) is 14.6 Å². The molecule has 1 saturated heterocycles. The smallest absolute Gasteiger partial charge is 0.410 e. The molecule has 1 heterocycles. The molecule has 0 atom stereocenters. The number of rotatable bonds is 7. The summed E-state index contributed by atoms with van der Waals surface area (Å²) in [5.41, 5.74) is 0.923. The van der Waals surface area contributed by atoms with Gasteiger partial charge in [0.2, 0.25) is 0 Å². The zero-order chi connectivity index (χ0) is 20.1. The minimum Gasteiger partial charge on any atom is -0.480 e. The van der Waals surface area contributed by atoms with Crippen LogP contribution in [0.25, 0.3) is 0 Å². The average molecular weight is 397 g/mol. The molecule has 2 rings (SSSR count). The van der Waals surface area contributed by atoms with E-state index in [0.29, 0.717) is 32.4 Å². The number of amides is 1. The Bertz CT molecular complexity index is 752. The van der Waals surface area contributed by atoms with Gasteiger partial charge in [-0.25, -0.2) is 13.2 Å². The van der Waals surface area contributed by atoms with Gasteiger partial charge < -0.3 is 14.7 Å². The molecule has 0 radical (unpaired) electrons. The molecule has 7 nitrogen and oxygen atoms in total. The predicted molar refractivity (Wildman–Crippen MR) is 101 cm³/mol. The maximum atomic E-state index is 12.3. The van der Waals surface area contributed by atoms with Gasteiger partial charge in [0.1, 0.15) is 6.61 Å². The topological polar surface area (TPSA) is 101 Å². The second-order valence-electron chi connectivity index (χ2n) is 7.39. The van der Waals surface area contributed by atoms with Crippen LogP contribution in [0.3, 0.4) is 0 Å². The number of carboxylic acid groups (broad SMARTS) is 1. The number of hydrogen-bond acceptors (Lipinski definition) is 5. The van der Waals surface area contributed by atoms with Crippen LogP contribution in [0.1, 0.15) is 38.7 Å². The Kier molecular flexibility index (Phi) is 6.86. The van der Waals surface area contributed by atoms with Crippen molar-refractivity contribution in [2.24, 2.45) is 5.92 Å². The van der Waals surface area contributed by atoms with Crippen LogP contribution in [0.2, 0.25) is 0 Å². The number of carboxylic acids is 1. The lowest BCUT2D eigenvalue weighted by Gasteiger charge is -2.31. The van der Waals surface area contributed by atoms with Crippen LogP contribution in [0.15, 0.2) is 30.3 Å². The molecule has 1 amide bonds. The van der Waals surface area contributed by atoms with Crippen molar-refractivity contribution in [3.05, 3.63) is 35.9 Å². The van der Waals surface area contributed by atoms with E-state index in [4.69, 9.17) is 9.84 Å². The predicted octanol–water partition coefficient (Wildman–Crippen LogP) is 2.70. The van der Waals surface area contributed by atoms with E-state index in [-0.39, 0.29) is 24.4 Å². The third-order valence-corrected chi connectivity index (χ3v) is 7.67. The molecule has 0 aliphatic carbocycles. The molecule has 0 bridgehead atoms. The average Bonchev–Trinajstić information content (AvgIpc) is 2.65. The van der Waals surface area contributed by atoms with Crippen molar-refractivity contribution < 1.29 is 27.9 Å². The zero-order valence-corrected chi connectivity index (χ0v) is 16.6. The molecule has 0 unspecified atom stereocenters. The summed E-state index contributed by atoms with van der Waals surface area (Å²) in [6, 6.07) is 9.44. The van der Waals surface area contributed by atoms with Crippen molar-refractivity contribution >= 4 is 21.9 Å². The van der Waals surface area contributed by atoms with Gasteiger partial charge in [0.25, 0.3) is 0 Å². The number of ether oxygens (including phenoxy) is 1. The lowest BCUT2D eigenvalue weighted by molar-refractivity contribution is -0.139. The van der Waals surface area contributed by atoms with Crippen molar-refractivity contribution in [2.75, 3.05) is 18.8 Å². The number of sulfone groups is 1. The highest BCUT2D eigenvalue weighted by atomic mass is 32.2. The fraction of sp³-hybridized carbons (Fsp3) is 0.579. The van der Waals surface area contributed by atoms with Crippen molar-refractivity contribution in [3.8, 4) is 0 Å². The normalized spacial score (nSPS) is 16.1. The molecule has 1 aromatic carbocycles. The largest absolute Gasteiger partial charge is 0.480 e. The molecular weight excluding hydrogens is 370 g/mol. The number of piperidine rings is 1. The minimum atomic E-state index is -3.73. The number of carbonyl (C=O) groups is 2. The highest BCUT2D eigenvalue weighted by Crippen LogP contribution is 2.25. The van der Waals surface area contributed by atoms with Gasteiger partial charge in [-0.05, 0) is 44.6 Å². The van der Waals surface area contributed by atoms with Crippen LogP contribution in [-0.4, -0.2) is 54.1 Å². The first-order valence-corrected chi connectivity index (χ1v) is 10.7. The van der Waals surface area contributed by atoms with Gasteiger partial charge in [-0.3, -0.25) is 4.79 Å². The number of benzene rings is 1. The van der Waals surface area contributed by atoms with Crippen molar-refractivity contribution in [1.82, 2.24) is 4.90 Å². The van der Waals surface area contributed by atoms with E-state index in [9.17, 15) is 18.0 Å². The van der Waals surface area contributed by atoms with E-state index in [1.807, 2.05) is 30.3 Å². The van der Waals surface area contributed by atoms with Crippen molar-refractivity contribution in [1.29, 1.82) is 0 Å². The van der Waals surface area contributed by atoms with E-state index in [0.717, 1.165) is 5.56 Å². The maximum absolute atomic E-state index is 12.3. The Morgan fingerprint density at radius 1 is 1.19 bits per heavy atom. The molecular formula is C19H27NO6S. The minimum absolute atomic E-state index is 0.155. The Balaban J connectivity index is 1.76. The summed E-state index contributed by atoms with van der Waals surface area (Å²) in [5, 5.41) is 9.11. The number of aliphatic carboxylic acids is 1. The first-order valence-electron chi connectivity index (χ1n) is 9.05. The molecule has 150 valence electrons. The second kappa shape index (κ2) is 8.73. The summed E-state index contributed by atoms with van der Waals surface area (Å²) in [7, 11) is -3.73. The highest BCUT2D eigenvalue weighted by Gasteiger charge is 2.41. The van der Waals surface area contributed by atoms with Crippen LogP contribution in [0.5, 0.6) is 0 Å². The Hall–Kier alpha value is -2.09. The molecule has 0 spiro atoms. The molecule has 1 aliphatic heterocycles. The molecule has 1 N–H and O–H groups in total. The molecule has 1 fully saturated rings. The van der Waals surface area contributed by atoms with Crippen molar-refractivity contribution in [2.45, 2.75) is 44.5 Å². The molecule has 27 heavy (non-hydrogen) atoms. The van der Waals surface area contributed by atoms with E-state index in [2.05, 4.69) is 0 Å². The standard InChI is InChI=1S/C19H27NO6S/c1-19(2,17(21)22)27(24,25)13-10-15-8-11-20(12-9-15)18(23)26-14-16-6-4-3-5-7-16/h3-7,15H,8-14H2,1-2H3,(H,21,22). The van der Waals surface area contributed by atoms with Crippen LogP contribution in [0, 0.1) is 5.92 Å². The van der Waals surface area contributed by atoms with Crippen LogP contribution >= 0.6 is 0 Å². The van der Waals surface area contributed by atoms with Gasteiger partial charge >= 0.3 is 12.1 Å². The number of nitrogens with zero attached hydrogens (tertiary/aromatic N) is 1. The fourth-order valence-corrected chi connectivity index (χ4v) is 4.34. The monoisotopic (exact) mass is 397 g/mol. The van der Waals surface area contributed by atoms with Gasteiger partial charge in [-0.15, -0.1) is 0 Å². The number of carbonyl (C=O) groups excluding carboxylic acids is 1.